The van der Waals surface area contributed by atoms with Crippen LogP contribution in [0.2, 0.25) is 0 Å². The normalized spacial score (nSPS) is 12.3. The summed E-state index contributed by atoms with van der Waals surface area (Å²) in [4.78, 5) is 0. The Morgan fingerprint density at radius 2 is 0.880 bits per heavy atom. The lowest BCUT2D eigenvalue weighted by molar-refractivity contribution is 0.320. The summed E-state index contributed by atoms with van der Waals surface area (Å²) in [6, 6.07) is 20.4. The van der Waals surface area contributed by atoms with E-state index in [1.54, 1.807) is 28.4 Å². The maximum atomic E-state index is 5.88. The van der Waals surface area contributed by atoms with Gasteiger partial charge in [-0.2, -0.15) is 0 Å². The molecule has 0 saturated heterocycles. The molecule has 136 valence electrons. The average molecular weight is 382 g/mol. The fourth-order valence-corrected chi connectivity index (χ4v) is 8.03. The standard InChI is InChI=1S/C19H28O4P2/c1-20-24(21-2,18-12-7-5-8-13-18)16-11-17-25(22-3,23-4)19-14-9-6-10-15-19/h5-10,12-15H,11,16-17H2,1-4H3/q+2. The first-order chi connectivity index (χ1) is 12.2. The van der Waals surface area contributed by atoms with Gasteiger partial charge in [0.1, 0.15) is 12.3 Å². The van der Waals surface area contributed by atoms with Crippen LogP contribution in [-0.2, 0) is 18.1 Å². The van der Waals surface area contributed by atoms with Crippen LogP contribution in [-0.4, -0.2) is 40.8 Å². The van der Waals surface area contributed by atoms with Gasteiger partial charge in [-0.15, -0.1) is 0 Å². The van der Waals surface area contributed by atoms with Gasteiger partial charge < -0.3 is 0 Å². The van der Waals surface area contributed by atoms with Crippen LogP contribution in [0, 0.1) is 0 Å². The first kappa shape index (κ1) is 20.5. The molecule has 0 bridgehead atoms. The Labute approximate surface area is 152 Å². The van der Waals surface area contributed by atoms with E-state index in [9.17, 15) is 0 Å². The summed E-state index contributed by atoms with van der Waals surface area (Å²) < 4.78 is 23.5. The van der Waals surface area contributed by atoms with Crippen molar-refractivity contribution in [3.8, 4) is 0 Å². The second-order valence-corrected chi connectivity index (χ2v) is 11.6. The molecule has 0 spiro atoms. The van der Waals surface area contributed by atoms with Crippen molar-refractivity contribution in [2.45, 2.75) is 6.42 Å². The lowest BCUT2D eigenvalue weighted by atomic mass is 10.4. The zero-order chi connectivity index (χ0) is 18.2. The molecule has 0 heterocycles. The molecule has 0 fully saturated rings. The summed E-state index contributed by atoms with van der Waals surface area (Å²) in [6.45, 7) is 0. The predicted molar refractivity (Wildman–Crippen MR) is 108 cm³/mol. The summed E-state index contributed by atoms with van der Waals surface area (Å²) in [7, 11) is 2.73. The third kappa shape index (κ3) is 4.65. The van der Waals surface area contributed by atoms with Crippen LogP contribution in [0.5, 0.6) is 0 Å². The van der Waals surface area contributed by atoms with Crippen molar-refractivity contribution in [3.63, 3.8) is 0 Å². The molecule has 25 heavy (non-hydrogen) atoms. The van der Waals surface area contributed by atoms with E-state index in [2.05, 4.69) is 24.3 Å². The molecule has 2 aromatic carbocycles. The van der Waals surface area contributed by atoms with Crippen LogP contribution < -0.4 is 10.6 Å². The highest BCUT2D eigenvalue weighted by Gasteiger charge is 2.47. The molecule has 0 aliphatic carbocycles. The maximum Gasteiger partial charge on any atom is 0.306 e. The Morgan fingerprint density at radius 1 is 0.560 bits per heavy atom. The van der Waals surface area contributed by atoms with Crippen molar-refractivity contribution in [2.24, 2.45) is 0 Å². The zero-order valence-corrected chi connectivity index (χ0v) is 17.2. The minimum atomic E-state index is -2.10. The van der Waals surface area contributed by atoms with E-state index in [-0.39, 0.29) is 0 Å². The van der Waals surface area contributed by atoms with Gasteiger partial charge in [-0.3, -0.25) is 0 Å². The van der Waals surface area contributed by atoms with Gasteiger partial charge in [-0.25, -0.2) is 18.1 Å². The average Bonchev–Trinajstić information content (AvgIpc) is 2.70. The van der Waals surface area contributed by atoms with Gasteiger partial charge in [-0.1, -0.05) is 36.4 Å². The van der Waals surface area contributed by atoms with E-state index in [1.807, 2.05) is 36.4 Å². The van der Waals surface area contributed by atoms with E-state index in [4.69, 9.17) is 18.1 Å². The lowest BCUT2D eigenvalue weighted by Gasteiger charge is -2.23. The van der Waals surface area contributed by atoms with Crippen molar-refractivity contribution in [2.75, 3.05) is 40.8 Å². The Bertz CT molecular complexity index is 558. The van der Waals surface area contributed by atoms with Gasteiger partial charge in [0.25, 0.3) is 0 Å². The monoisotopic (exact) mass is 382 g/mol. The highest BCUT2D eigenvalue weighted by atomic mass is 31.2. The molecule has 2 aromatic rings. The van der Waals surface area contributed by atoms with Gasteiger partial charge in [0.15, 0.2) is 10.6 Å². The molecule has 0 amide bonds. The molecule has 6 heteroatoms. The molecule has 0 atom stereocenters. The fraction of sp³-hybridized carbons (Fsp3) is 0.368. The third-order valence-electron chi connectivity index (χ3n) is 4.38. The molecular formula is C19H28O4P2+2. The molecule has 0 saturated carbocycles. The van der Waals surface area contributed by atoms with E-state index in [0.717, 1.165) is 29.4 Å². The van der Waals surface area contributed by atoms with Gasteiger partial charge in [-0.05, 0) is 24.3 Å². The smallest absolute Gasteiger partial charge is 0.204 e. The van der Waals surface area contributed by atoms with Crippen molar-refractivity contribution in [3.05, 3.63) is 60.7 Å². The third-order valence-corrected chi connectivity index (χ3v) is 10.7. The quantitative estimate of drug-likeness (QED) is 0.574. The van der Waals surface area contributed by atoms with Crippen LogP contribution in [0.1, 0.15) is 6.42 Å². The number of hydrogen-bond donors (Lipinski definition) is 0. The van der Waals surface area contributed by atoms with Crippen molar-refractivity contribution < 1.29 is 18.1 Å². The summed E-state index contributed by atoms with van der Waals surface area (Å²) >= 11 is 0. The summed E-state index contributed by atoms with van der Waals surface area (Å²) in [5.41, 5.74) is 0. The van der Waals surface area contributed by atoms with Gasteiger partial charge >= 0.3 is 15.4 Å². The Balaban J connectivity index is 2.15. The number of benzene rings is 2. The highest BCUT2D eigenvalue weighted by Crippen LogP contribution is 2.63. The van der Waals surface area contributed by atoms with Crippen LogP contribution in [0.4, 0.5) is 0 Å². The molecule has 0 aliphatic rings. The summed E-state index contributed by atoms with van der Waals surface area (Å²) in [6.07, 6.45) is 2.55. The summed E-state index contributed by atoms with van der Waals surface area (Å²) in [5.74, 6) is 0. The topological polar surface area (TPSA) is 36.9 Å². The lowest BCUT2D eigenvalue weighted by Crippen LogP contribution is -2.21. The Morgan fingerprint density at radius 3 is 1.16 bits per heavy atom. The first-order valence-corrected chi connectivity index (χ1v) is 11.9. The van der Waals surface area contributed by atoms with Crippen LogP contribution in [0.3, 0.4) is 0 Å². The second kappa shape index (κ2) is 9.73. The van der Waals surface area contributed by atoms with E-state index in [1.165, 1.54) is 0 Å². The summed E-state index contributed by atoms with van der Waals surface area (Å²) in [5, 5.41) is 2.25. The highest BCUT2D eigenvalue weighted by molar-refractivity contribution is 7.75. The first-order valence-electron chi connectivity index (χ1n) is 8.26. The van der Waals surface area contributed by atoms with Crippen LogP contribution in [0.15, 0.2) is 60.7 Å². The van der Waals surface area contributed by atoms with E-state index in [0.29, 0.717) is 0 Å². The molecule has 0 N–H and O–H groups in total. The SMILES string of the molecule is CO[P+](CCC[P+](OC)(OC)c1ccccc1)(OC)c1ccccc1. The molecule has 0 radical (unpaired) electrons. The molecule has 2 rings (SSSR count). The Kier molecular flexibility index (Phi) is 7.96. The maximum absolute atomic E-state index is 5.88. The van der Waals surface area contributed by atoms with Crippen LogP contribution in [0.25, 0.3) is 0 Å². The Hall–Kier alpha value is -0.860. The van der Waals surface area contributed by atoms with E-state index >= 15 is 0 Å². The molecule has 0 aromatic heterocycles. The number of hydrogen-bond acceptors (Lipinski definition) is 4. The van der Waals surface area contributed by atoms with E-state index < -0.39 is 15.4 Å². The predicted octanol–water partition coefficient (Wildman–Crippen LogP) is 4.31. The van der Waals surface area contributed by atoms with Gasteiger partial charge in [0, 0.05) is 6.42 Å². The molecule has 0 aliphatic heterocycles. The van der Waals surface area contributed by atoms with Crippen molar-refractivity contribution in [1.82, 2.24) is 0 Å². The van der Waals surface area contributed by atoms with Crippen molar-refractivity contribution >= 4 is 26.0 Å². The zero-order valence-electron chi connectivity index (χ0n) is 15.4. The van der Waals surface area contributed by atoms with Crippen molar-refractivity contribution in [1.29, 1.82) is 0 Å². The molecule has 0 unspecified atom stereocenters. The minimum Gasteiger partial charge on any atom is -0.204 e. The molecule has 4 nitrogen and oxygen atoms in total. The largest absolute Gasteiger partial charge is 0.306 e. The van der Waals surface area contributed by atoms with Gasteiger partial charge in [0.05, 0.1) is 28.4 Å². The second-order valence-electron chi connectivity index (χ2n) is 5.55. The van der Waals surface area contributed by atoms with Crippen LogP contribution >= 0.6 is 15.4 Å². The molecular weight excluding hydrogens is 354 g/mol. The minimum absolute atomic E-state index is 0.825. The fourth-order valence-electron chi connectivity index (χ4n) is 2.99. The van der Waals surface area contributed by atoms with Gasteiger partial charge in [0.2, 0.25) is 0 Å². The number of rotatable bonds is 10.